The lowest BCUT2D eigenvalue weighted by molar-refractivity contribution is -0.141. The summed E-state index contributed by atoms with van der Waals surface area (Å²) in [5.74, 6) is -2.92. The number of nitrogens with one attached hydrogen (secondary N) is 1. The van der Waals surface area contributed by atoms with E-state index in [-0.39, 0.29) is 17.1 Å². The smallest absolute Gasteiger partial charge is 0.317 e. The second-order valence-corrected chi connectivity index (χ2v) is 5.93. The fourth-order valence-electron chi connectivity index (χ4n) is 2.36. The molecule has 2 aromatic rings. The molecule has 1 N–H and O–H groups in total. The van der Waals surface area contributed by atoms with Crippen molar-refractivity contribution in [3.63, 3.8) is 0 Å². The number of alkyl halides is 3. The second kappa shape index (κ2) is 7.02. The molecule has 5 nitrogen and oxygen atoms in total. The quantitative estimate of drug-likeness (QED) is 0.599. The molecule has 1 aliphatic rings. The zero-order valence-corrected chi connectivity index (χ0v) is 14.4. The predicted molar refractivity (Wildman–Crippen MR) is 90.5 cm³/mol. The molecule has 0 radical (unpaired) electrons. The summed E-state index contributed by atoms with van der Waals surface area (Å²) in [6.07, 6.45) is -1.26. The third-order valence-corrected chi connectivity index (χ3v) is 3.82. The lowest BCUT2D eigenvalue weighted by Gasteiger charge is -2.09. The minimum Gasteiger partial charge on any atom is -0.317 e. The maximum atomic E-state index is 13.2. The average Bonchev–Trinajstić information content (AvgIpc) is 3.35. The van der Waals surface area contributed by atoms with Gasteiger partial charge in [0.05, 0.1) is 11.3 Å². The van der Waals surface area contributed by atoms with Gasteiger partial charge in [-0.2, -0.15) is 18.3 Å². The molecule has 28 heavy (non-hydrogen) atoms. The number of nitrogens with zero attached hydrogens (tertiary/aromatic N) is 3. The SMILES string of the molecule is C=C(F)/C(NC(=O)c1ccc(-n2nc(C(F)(F)F)cc2C2=CC2)nc1)=C(\C)F. The molecule has 0 unspecified atom stereocenters. The summed E-state index contributed by atoms with van der Waals surface area (Å²) in [6, 6.07) is 3.46. The molecule has 3 rings (SSSR count). The highest BCUT2D eigenvalue weighted by Crippen LogP contribution is 2.36. The van der Waals surface area contributed by atoms with Crippen molar-refractivity contribution in [2.24, 2.45) is 0 Å². The number of carbonyl (C=O) groups is 1. The van der Waals surface area contributed by atoms with Gasteiger partial charge in [0.1, 0.15) is 17.4 Å². The number of amides is 1. The molecule has 0 saturated carbocycles. The largest absolute Gasteiger partial charge is 0.435 e. The molecular weight excluding hydrogens is 383 g/mol. The van der Waals surface area contributed by atoms with Gasteiger partial charge in [-0.3, -0.25) is 4.79 Å². The zero-order chi connectivity index (χ0) is 20.6. The van der Waals surface area contributed by atoms with E-state index in [1.54, 1.807) is 6.08 Å². The summed E-state index contributed by atoms with van der Waals surface area (Å²) >= 11 is 0. The number of rotatable bonds is 5. The Morgan fingerprint density at radius 1 is 1.29 bits per heavy atom. The average molecular weight is 396 g/mol. The van der Waals surface area contributed by atoms with E-state index in [2.05, 4.69) is 16.7 Å². The number of aromatic nitrogens is 3. The molecule has 2 heterocycles. The summed E-state index contributed by atoms with van der Waals surface area (Å²) in [7, 11) is 0. The van der Waals surface area contributed by atoms with Gasteiger partial charge in [0.25, 0.3) is 5.91 Å². The highest BCUT2D eigenvalue weighted by molar-refractivity contribution is 5.95. The van der Waals surface area contributed by atoms with E-state index in [1.165, 1.54) is 12.1 Å². The van der Waals surface area contributed by atoms with Crippen LogP contribution >= 0.6 is 0 Å². The van der Waals surface area contributed by atoms with Crippen LogP contribution in [0, 0.1) is 0 Å². The van der Waals surface area contributed by atoms with Crippen molar-refractivity contribution in [1.29, 1.82) is 0 Å². The molecule has 0 bridgehead atoms. The van der Waals surface area contributed by atoms with Crippen LogP contribution in [0.5, 0.6) is 0 Å². The van der Waals surface area contributed by atoms with Crippen molar-refractivity contribution in [1.82, 2.24) is 20.1 Å². The lowest BCUT2D eigenvalue weighted by atomic mass is 10.2. The maximum absolute atomic E-state index is 13.2. The maximum Gasteiger partial charge on any atom is 0.435 e. The molecular formula is C18H13F5N4O. The molecule has 0 aliphatic heterocycles. The van der Waals surface area contributed by atoms with Crippen molar-refractivity contribution in [3.8, 4) is 5.82 Å². The van der Waals surface area contributed by atoms with Crippen LogP contribution in [-0.2, 0) is 6.18 Å². The minimum atomic E-state index is -4.61. The van der Waals surface area contributed by atoms with E-state index in [9.17, 15) is 26.7 Å². The van der Waals surface area contributed by atoms with Crippen molar-refractivity contribution in [2.45, 2.75) is 19.5 Å². The Labute approximate surface area is 155 Å². The first-order valence-electron chi connectivity index (χ1n) is 7.93. The van der Waals surface area contributed by atoms with Crippen LogP contribution < -0.4 is 5.32 Å². The van der Waals surface area contributed by atoms with Crippen LogP contribution in [0.2, 0.25) is 0 Å². The third kappa shape index (κ3) is 4.00. The van der Waals surface area contributed by atoms with Crippen LogP contribution in [-0.4, -0.2) is 20.7 Å². The van der Waals surface area contributed by atoms with Gasteiger partial charge in [-0.05, 0) is 37.1 Å². The number of allylic oxidation sites excluding steroid dienone is 4. The number of carbonyl (C=O) groups excluding carboxylic acids is 1. The van der Waals surface area contributed by atoms with Gasteiger partial charge in [0.2, 0.25) is 0 Å². The van der Waals surface area contributed by atoms with Gasteiger partial charge in [0, 0.05) is 6.20 Å². The summed E-state index contributed by atoms with van der Waals surface area (Å²) in [4.78, 5) is 16.0. The van der Waals surface area contributed by atoms with Crippen molar-refractivity contribution in [3.05, 3.63) is 71.4 Å². The standard InChI is InChI=1S/C18H13F5N4O/c1-9(19)16(10(2)20)25-17(28)12-5-6-15(24-8-12)27-13(11-3-4-11)7-14(26-27)18(21,22)23/h3,5-8H,1,4H2,2H3,(H,25,28)/b16-10-. The molecule has 0 aromatic carbocycles. The number of pyridine rings is 1. The lowest BCUT2D eigenvalue weighted by Crippen LogP contribution is -2.24. The summed E-state index contributed by atoms with van der Waals surface area (Å²) in [6.45, 7) is 3.88. The van der Waals surface area contributed by atoms with Gasteiger partial charge in [-0.15, -0.1) is 0 Å². The highest BCUT2D eigenvalue weighted by atomic mass is 19.4. The van der Waals surface area contributed by atoms with E-state index >= 15 is 0 Å². The monoisotopic (exact) mass is 396 g/mol. The minimum absolute atomic E-state index is 0.0564. The highest BCUT2D eigenvalue weighted by Gasteiger charge is 2.36. The molecule has 0 fully saturated rings. The molecule has 1 aliphatic carbocycles. The summed E-state index contributed by atoms with van der Waals surface area (Å²) in [5, 5.41) is 5.58. The van der Waals surface area contributed by atoms with Crippen LogP contribution in [0.1, 0.15) is 35.1 Å². The Morgan fingerprint density at radius 3 is 2.43 bits per heavy atom. The predicted octanol–water partition coefficient (Wildman–Crippen LogP) is 4.49. The van der Waals surface area contributed by atoms with E-state index in [1.807, 2.05) is 5.32 Å². The number of hydrogen-bond acceptors (Lipinski definition) is 3. The van der Waals surface area contributed by atoms with E-state index in [0.717, 1.165) is 23.9 Å². The normalized spacial score (nSPS) is 14.3. The fraction of sp³-hybridized carbons (Fsp3) is 0.167. The topological polar surface area (TPSA) is 59.8 Å². The fourth-order valence-corrected chi connectivity index (χ4v) is 2.36. The van der Waals surface area contributed by atoms with Crippen LogP contribution in [0.4, 0.5) is 22.0 Å². The molecule has 10 heteroatoms. The zero-order valence-electron chi connectivity index (χ0n) is 14.4. The van der Waals surface area contributed by atoms with Gasteiger partial charge in [-0.25, -0.2) is 18.4 Å². The second-order valence-electron chi connectivity index (χ2n) is 5.93. The molecule has 0 saturated heterocycles. The third-order valence-electron chi connectivity index (χ3n) is 3.82. The van der Waals surface area contributed by atoms with Gasteiger partial charge >= 0.3 is 6.18 Å². The first-order valence-corrected chi connectivity index (χ1v) is 7.93. The van der Waals surface area contributed by atoms with Crippen molar-refractivity contribution in [2.75, 3.05) is 0 Å². The van der Waals surface area contributed by atoms with Gasteiger partial charge in [0.15, 0.2) is 11.5 Å². The van der Waals surface area contributed by atoms with Crippen molar-refractivity contribution >= 4 is 11.5 Å². The first-order chi connectivity index (χ1) is 13.1. The Morgan fingerprint density at radius 2 is 1.96 bits per heavy atom. The molecule has 146 valence electrons. The molecule has 2 aromatic heterocycles. The van der Waals surface area contributed by atoms with E-state index < -0.39 is 35.1 Å². The van der Waals surface area contributed by atoms with Crippen LogP contribution in [0.3, 0.4) is 0 Å². The molecule has 0 spiro atoms. The van der Waals surface area contributed by atoms with Gasteiger partial charge in [-0.1, -0.05) is 12.7 Å². The Hall–Kier alpha value is -3.30. The molecule has 0 atom stereocenters. The Bertz CT molecular complexity index is 1010. The summed E-state index contributed by atoms with van der Waals surface area (Å²) < 4.78 is 66.3. The molecule has 1 amide bonds. The Balaban J connectivity index is 1.88. The van der Waals surface area contributed by atoms with Gasteiger partial charge < -0.3 is 5.32 Å². The van der Waals surface area contributed by atoms with Crippen LogP contribution in [0.15, 0.2) is 54.4 Å². The Kier molecular flexibility index (Phi) is 4.88. The van der Waals surface area contributed by atoms with E-state index in [0.29, 0.717) is 12.0 Å². The summed E-state index contributed by atoms with van der Waals surface area (Å²) in [5.41, 5.74) is -0.864. The van der Waals surface area contributed by atoms with Crippen molar-refractivity contribution < 1.29 is 26.7 Å². The van der Waals surface area contributed by atoms with Crippen LogP contribution in [0.25, 0.3) is 11.4 Å². The number of halogens is 5. The number of hydrogen-bond donors (Lipinski definition) is 1. The van der Waals surface area contributed by atoms with E-state index in [4.69, 9.17) is 0 Å². The first kappa shape index (κ1) is 19.5.